The zero-order chi connectivity index (χ0) is 7.14. The van der Waals surface area contributed by atoms with Crippen molar-refractivity contribution in [3.8, 4) is 0 Å². The van der Waals surface area contributed by atoms with Gasteiger partial charge in [-0.3, -0.25) is 14.9 Å². The van der Waals surface area contributed by atoms with Gasteiger partial charge >= 0.3 is 0 Å². The fourth-order valence-corrected chi connectivity index (χ4v) is 1.89. The van der Waals surface area contributed by atoms with Crippen LogP contribution in [0.3, 0.4) is 0 Å². The Morgan fingerprint density at radius 1 is 1.10 bits per heavy atom. The highest BCUT2D eigenvalue weighted by atomic mass is 16.2. The summed E-state index contributed by atoms with van der Waals surface area (Å²) in [6.45, 7) is 0. The first-order valence-electron chi connectivity index (χ1n) is 3.64. The van der Waals surface area contributed by atoms with E-state index in [4.69, 9.17) is 0 Å². The van der Waals surface area contributed by atoms with E-state index in [2.05, 4.69) is 5.32 Å². The van der Waals surface area contributed by atoms with Crippen LogP contribution in [0.4, 0.5) is 0 Å². The van der Waals surface area contributed by atoms with Gasteiger partial charge < -0.3 is 0 Å². The second-order valence-electron chi connectivity index (χ2n) is 3.00. The second-order valence-corrected chi connectivity index (χ2v) is 3.00. The van der Waals surface area contributed by atoms with Crippen LogP contribution in [-0.2, 0) is 9.59 Å². The molecule has 3 heteroatoms. The van der Waals surface area contributed by atoms with Crippen LogP contribution in [0, 0.1) is 11.8 Å². The largest absolute Gasteiger partial charge is 0.296 e. The molecule has 3 nitrogen and oxygen atoms in total. The summed E-state index contributed by atoms with van der Waals surface area (Å²) >= 11 is 0. The molecule has 0 bridgehead atoms. The molecule has 2 fully saturated rings. The van der Waals surface area contributed by atoms with Crippen LogP contribution in [0.5, 0.6) is 0 Å². The van der Waals surface area contributed by atoms with Crippen molar-refractivity contribution in [3.63, 3.8) is 0 Å². The smallest absolute Gasteiger partial charge is 0.230 e. The molecule has 1 aliphatic heterocycles. The molecular weight excluding hydrogens is 130 g/mol. The van der Waals surface area contributed by atoms with Gasteiger partial charge in [0.25, 0.3) is 0 Å². The lowest BCUT2D eigenvalue weighted by molar-refractivity contribution is -0.126. The van der Waals surface area contributed by atoms with E-state index in [0.29, 0.717) is 0 Å². The monoisotopic (exact) mass is 139 g/mol. The summed E-state index contributed by atoms with van der Waals surface area (Å²) < 4.78 is 0. The van der Waals surface area contributed by atoms with Crippen LogP contribution in [0.1, 0.15) is 19.3 Å². The van der Waals surface area contributed by atoms with Gasteiger partial charge in [-0.15, -0.1) is 0 Å². The summed E-state index contributed by atoms with van der Waals surface area (Å²) in [5.74, 6) is -0.0556. The molecule has 2 rings (SSSR count). The topological polar surface area (TPSA) is 46.2 Å². The van der Waals surface area contributed by atoms with E-state index in [-0.39, 0.29) is 23.7 Å². The van der Waals surface area contributed by atoms with Gasteiger partial charge in [-0.2, -0.15) is 0 Å². The molecule has 0 aromatic carbocycles. The minimum Gasteiger partial charge on any atom is -0.296 e. The Kier molecular flexibility index (Phi) is 1.07. The first-order valence-corrected chi connectivity index (χ1v) is 3.64. The summed E-state index contributed by atoms with van der Waals surface area (Å²) in [6, 6.07) is 0. The van der Waals surface area contributed by atoms with Crippen molar-refractivity contribution < 1.29 is 9.59 Å². The third-order valence-corrected chi connectivity index (χ3v) is 2.44. The van der Waals surface area contributed by atoms with E-state index in [1.807, 2.05) is 0 Å². The molecule has 1 saturated heterocycles. The second kappa shape index (κ2) is 1.81. The van der Waals surface area contributed by atoms with Gasteiger partial charge in [-0.25, -0.2) is 0 Å². The Morgan fingerprint density at radius 3 is 2.10 bits per heavy atom. The zero-order valence-electron chi connectivity index (χ0n) is 5.59. The van der Waals surface area contributed by atoms with Gasteiger partial charge in [0.05, 0.1) is 0 Å². The maximum Gasteiger partial charge on any atom is 0.230 e. The third kappa shape index (κ3) is 0.602. The van der Waals surface area contributed by atoms with Crippen molar-refractivity contribution in [1.29, 1.82) is 0 Å². The number of hydrogen-bond donors (Lipinski definition) is 1. The highest BCUT2D eigenvalue weighted by Crippen LogP contribution is 2.35. The molecule has 1 N–H and O–H groups in total. The lowest BCUT2D eigenvalue weighted by Gasteiger charge is -1.98. The number of rotatable bonds is 0. The van der Waals surface area contributed by atoms with Gasteiger partial charge in [0, 0.05) is 11.8 Å². The van der Waals surface area contributed by atoms with Gasteiger partial charge in [0.15, 0.2) is 0 Å². The zero-order valence-corrected chi connectivity index (χ0v) is 5.59. The number of fused-ring (bicyclic) bond motifs is 1. The fourth-order valence-electron chi connectivity index (χ4n) is 1.89. The Labute approximate surface area is 58.8 Å². The third-order valence-electron chi connectivity index (χ3n) is 2.44. The number of imide groups is 1. The standard InChI is InChI=1S/C7H9NO2/c9-6-4-2-1-3-5(4)7(10)8-6/h4-5H,1-3H2,(H,8,9,10)/t4-,5+. The molecule has 54 valence electrons. The van der Waals surface area contributed by atoms with Crippen LogP contribution < -0.4 is 5.32 Å². The molecule has 1 aliphatic carbocycles. The highest BCUT2D eigenvalue weighted by Gasteiger charge is 2.44. The van der Waals surface area contributed by atoms with Gasteiger partial charge in [-0.1, -0.05) is 6.42 Å². The van der Waals surface area contributed by atoms with Crippen LogP contribution in [0.25, 0.3) is 0 Å². The summed E-state index contributed by atoms with van der Waals surface area (Å²) in [5.41, 5.74) is 0. The maximum absolute atomic E-state index is 10.9. The van der Waals surface area contributed by atoms with Crippen LogP contribution in [0.15, 0.2) is 0 Å². The Bertz CT molecular complexity index is 180. The van der Waals surface area contributed by atoms with E-state index in [1.165, 1.54) is 0 Å². The number of amides is 2. The normalized spacial score (nSPS) is 38.0. The first kappa shape index (κ1) is 5.89. The Hall–Kier alpha value is -0.860. The molecule has 0 radical (unpaired) electrons. The number of nitrogens with one attached hydrogen (secondary N) is 1. The molecule has 0 spiro atoms. The number of carbonyl (C=O) groups is 2. The maximum atomic E-state index is 10.9. The van der Waals surface area contributed by atoms with Gasteiger partial charge in [0.1, 0.15) is 0 Å². The minimum atomic E-state index is -0.0486. The fraction of sp³-hybridized carbons (Fsp3) is 0.714. The Morgan fingerprint density at radius 2 is 1.60 bits per heavy atom. The predicted molar refractivity (Wildman–Crippen MR) is 34.0 cm³/mol. The van der Waals surface area contributed by atoms with Gasteiger partial charge in [0.2, 0.25) is 11.8 Å². The van der Waals surface area contributed by atoms with Crippen molar-refractivity contribution in [3.05, 3.63) is 0 Å². The van der Waals surface area contributed by atoms with E-state index in [1.54, 1.807) is 0 Å². The first-order chi connectivity index (χ1) is 4.79. The minimum absolute atomic E-state index is 0.0208. The van der Waals surface area contributed by atoms with Crippen molar-refractivity contribution in [2.75, 3.05) is 0 Å². The van der Waals surface area contributed by atoms with Crippen molar-refractivity contribution >= 4 is 11.8 Å². The quantitative estimate of drug-likeness (QED) is 0.482. The molecule has 2 aliphatic rings. The van der Waals surface area contributed by atoms with Gasteiger partial charge in [-0.05, 0) is 12.8 Å². The lowest BCUT2D eigenvalue weighted by Crippen LogP contribution is -2.23. The number of hydrogen-bond acceptors (Lipinski definition) is 2. The van der Waals surface area contributed by atoms with Crippen molar-refractivity contribution in [2.24, 2.45) is 11.8 Å². The summed E-state index contributed by atoms with van der Waals surface area (Å²) in [4.78, 5) is 21.9. The molecule has 0 unspecified atom stereocenters. The van der Waals surface area contributed by atoms with E-state index in [9.17, 15) is 9.59 Å². The lowest BCUT2D eigenvalue weighted by atomic mass is 10.00. The van der Waals surface area contributed by atoms with E-state index in [0.717, 1.165) is 19.3 Å². The summed E-state index contributed by atoms with van der Waals surface area (Å²) in [7, 11) is 0. The Balaban J connectivity index is 2.27. The SMILES string of the molecule is O=C1NC(=O)[C@@H]2CCC[C@H]12. The van der Waals surface area contributed by atoms with Crippen molar-refractivity contribution in [1.82, 2.24) is 5.32 Å². The van der Waals surface area contributed by atoms with Crippen molar-refractivity contribution in [2.45, 2.75) is 19.3 Å². The predicted octanol–water partition coefficient (Wildman–Crippen LogP) is 0.0591. The highest BCUT2D eigenvalue weighted by molar-refractivity contribution is 6.05. The molecular formula is C7H9NO2. The summed E-state index contributed by atoms with van der Waals surface area (Å²) in [5, 5.41) is 2.34. The average molecular weight is 139 g/mol. The molecule has 1 saturated carbocycles. The van der Waals surface area contributed by atoms with Crippen LogP contribution in [-0.4, -0.2) is 11.8 Å². The summed E-state index contributed by atoms with van der Waals surface area (Å²) in [6.07, 6.45) is 2.85. The number of carbonyl (C=O) groups excluding carboxylic acids is 2. The van der Waals surface area contributed by atoms with Crippen LogP contribution >= 0.6 is 0 Å². The average Bonchev–Trinajstić information content (AvgIpc) is 2.39. The molecule has 0 aromatic heterocycles. The molecule has 2 atom stereocenters. The van der Waals surface area contributed by atoms with E-state index >= 15 is 0 Å². The molecule has 10 heavy (non-hydrogen) atoms. The molecule has 0 aromatic rings. The van der Waals surface area contributed by atoms with E-state index < -0.39 is 0 Å². The van der Waals surface area contributed by atoms with Crippen LogP contribution in [0.2, 0.25) is 0 Å². The molecule has 2 amide bonds. The molecule has 1 heterocycles.